The SMILES string of the molecule is Cc1c(N(c2ccc(C#N)cc2)n2cncn2)ccc2nonc12. The van der Waals surface area contributed by atoms with Gasteiger partial charge in [0.05, 0.1) is 23.0 Å². The first-order valence-electron chi connectivity index (χ1n) is 7.15. The predicted molar refractivity (Wildman–Crippen MR) is 85.3 cm³/mol. The van der Waals surface area contributed by atoms with Gasteiger partial charge in [-0.25, -0.2) is 14.6 Å². The van der Waals surface area contributed by atoms with Crippen LogP contribution >= 0.6 is 0 Å². The van der Waals surface area contributed by atoms with Gasteiger partial charge in [0.1, 0.15) is 23.7 Å². The lowest BCUT2D eigenvalue weighted by Gasteiger charge is -2.25. The number of hydrogen-bond donors (Lipinski definition) is 0. The number of hydrogen-bond acceptors (Lipinski definition) is 7. The van der Waals surface area contributed by atoms with Gasteiger partial charge in [-0.15, -0.1) is 5.10 Å². The molecule has 8 heteroatoms. The Morgan fingerprint density at radius 3 is 2.67 bits per heavy atom. The van der Waals surface area contributed by atoms with Gasteiger partial charge >= 0.3 is 0 Å². The van der Waals surface area contributed by atoms with Crippen LogP contribution in [0.3, 0.4) is 0 Å². The number of aryl methyl sites for hydroxylation is 1. The maximum Gasteiger partial charge on any atom is 0.140 e. The summed E-state index contributed by atoms with van der Waals surface area (Å²) in [5.74, 6) is 0. The Kier molecular flexibility index (Phi) is 3.17. The van der Waals surface area contributed by atoms with E-state index in [0.29, 0.717) is 16.6 Å². The Hall–Kier alpha value is -3.73. The molecule has 0 saturated carbocycles. The first kappa shape index (κ1) is 13.9. The van der Waals surface area contributed by atoms with Gasteiger partial charge in [0.15, 0.2) is 0 Å². The molecule has 0 spiro atoms. The van der Waals surface area contributed by atoms with Crippen LogP contribution in [-0.4, -0.2) is 25.2 Å². The van der Waals surface area contributed by atoms with Gasteiger partial charge in [-0.3, -0.25) is 0 Å². The highest BCUT2D eigenvalue weighted by atomic mass is 16.6. The standard InChI is InChI=1S/C16H11N7O/c1-11-15(7-6-14-16(11)21-24-20-14)23(22-10-18-9-19-22)13-4-2-12(8-17)3-5-13/h2-7,9-10H,1H3. The molecule has 0 aliphatic rings. The zero-order valence-corrected chi connectivity index (χ0v) is 12.7. The molecule has 24 heavy (non-hydrogen) atoms. The first-order valence-corrected chi connectivity index (χ1v) is 7.15. The molecule has 0 aliphatic heterocycles. The minimum absolute atomic E-state index is 0.588. The smallest absolute Gasteiger partial charge is 0.140 e. The molecule has 2 heterocycles. The molecule has 116 valence electrons. The maximum absolute atomic E-state index is 8.99. The van der Waals surface area contributed by atoms with E-state index in [-0.39, 0.29) is 0 Å². The van der Waals surface area contributed by atoms with Crippen molar-refractivity contribution in [2.24, 2.45) is 0 Å². The van der Waals surface area contributed by atoms with Crippen molar-refractivity contribution in [1.82, 2.24) is 25.2 Å². The number of nitriles is 1. The van der Waals surface area contributed by atoms with Crippen LogP contribution in [0.4, 0.5) is 11.4 Å². The van der Waals surface area contributed by atoms with Crippen LogP contribution in [0.15, 0.2) is 53.7 Å². The molecule has 2 aromatic carbocycles. The lowest BCUT2D eigenvalue weighted by molar-refractivity contribution is 0.315. The van der Waals surface area contributed by atoms with Gasteiger partial charge in [0, 0.05) is 5.56 Å². The zero-order valence-electron chi connectivity index (χ0n) is 12.7. The third-order valence-electron chi connectivity index (χ3n) is 3.73. The normalized spacial score (nSPS) is 10.7. The van der Waals surface area contributed by atoms with E-state index in [4.69, 9.17) is 9.89 Å². The lowest BCUT2D eigenvalue weighted by atomic mass is 10.1. The largest absolute Gasteiger partial charge is 0.243 e. The summed E-state index contributed by atoms with van der Waals surface area (Å²) >= 11 is 0. The molecule has 0 amide bonds. The van der Waals surface area contributed by atoms with Crippen LogP contribution in [0, 0.1) is 18.3 Å². The van der Waals surface area contributed by atoms with Crippen LogP contribution < -0.4 is 5.01 Å². The highest BCUT2D eigenvalue weighted by Gasteiger charge is 2.18. The highest BCUT2D eigenvalue weighted by Crippen LogP contribution is 2.32. The zero-order chi connectivity index (χ0) is 16.5. The van der Waals surface area contributed by atoms with E-state index in [0.717, 1.165) is 16.9 Å². The summed E-state index contributed by atoms with van der Waals surface area (Å²) in [5, 5.41) is 22.9. The summed E-state index contributed by atoms with van der Waals surface area (Å²) in [6.45, 7) is 1.94. The molecule has 0 atom stereocenters. The summed E-state index contributed by atoms with van der Waals surface area (Å²) in [4.78, 5) is 5.64. The van der Waals surface area contributed by atoms with Crippen molar-refractivity contribution in [2.75, 3.05) is 5.01 Å². The fraction of sp³-hybridized carbons (Fsp3) is 0.0625. The molecular weight excluding hydrogens is 306 g/mol. The molecule has 0 fully saturated rings. The Morgan fingerprint density at radius 1 is 1.12 bits per heavy atom. The molecule has 0 radical (unpaired) electrons. The Bertz CT molecular complexity index is 1030. The molecule has 8 nitrogen and oxygen atoms in total. The summed E-state index contributed by atoms with van der Waals surface area (Å²) in [6.07, 6.45) is 3.06. The molecule has 2 aromatic heterocycles. The average molecular weight is 317 g/mol. The van der Waals surface area contributed by atoms with E-state index >= 15 is 0 Å². The van der Waals surface area contributed by atoms with Crippen molar-refractivity contribution in [3.63, 3.8) is 0 Å². The van der Waals surface area contributed by atoms with Crippen molar-refractivity contribution in [1.29, 1.82) is 5.26 Å². The quantitative estimate of drug-likeness (QED) is 0.573. The minimum atomic E-state index is 0.588. The monoisotopic (exact) mass is 317 g/mol. The van der Waals surface area contributed by atoms with E-state index in [1.54, 1.807) is 23.3 Å². The summed E-state index contributed by atoms with van der Waals surface area (Å²) in [5.41, 5.74) is 4.55. The van der Waals surface area contributed by atoms with E-state index < -0.39 is 0 Å². The molecule has 4 aromatic rings. The predicted octanol–water partition coefficient (Wildman–Crippen LogP) is 2.60. The van der Waals surface area contributed by atoms with Gasteiger partial charge in [0.2, 0.25) is 0 Å². The fourth-order valence-electron chi connectivity index (χ4n) is 2.55. The van der Waals surface area contributed by atoms with Crippen molar-refractivity contribution in [2.45, 2.75) is 6.92 Å². The second kappa shape index (κ2) is 5.48. The third-order valence-corrected chi connectivity index (χ3v) is 3.73. The van der Waals surface area contributed by atoms with E-state index in [9.17, 15) is 0 Å². The third kappa shape index (κ3) is 2.16. The van der Waals surface area contributed by atoms with Crippen molar-refractivity contribution >= 4 is 22.4 Å². The maximum atomic E-state index is 8.99. The lowest BCUT2D eigenvalue weighted by Crippen LogP contribution is -2.25. The summed E-state index contributed by atoms with van der Waals surface area (Å²) in [7, 11) is 0. The summed E-state index contributed by atoms with van der Waals surface area (Å²) < 4.78 is 4.82. The molecule has 0 saturated heterocycles. The summed E-state index contributed by atoms with van der Waals surface area (Å²) in [6, 6.07) is 13.1. The number of fused-ring (bicyclic) bond motifs is 1. The first-order chi connectivity index (χ1) is 11.8. The molecule has 0 N–H and O–H groups in total. The Labute approximate surface area is 136 Å². The van der Waals surface area contributed by atoms with E-state index in [1.807, 2.05) is 36.2 Å². The second-order valence-corrected chi connectivity index (χ2v) is 5.13. The van der Waals surface area contributed by atoms with Crippen LogP contribution in [-0.2, 0) is 0 Å². The number of anilines is 2. The molecule has 0 unspecified atom stereocenters. The number of nitrogens with zero attached hydrogens (tertiary/aromatic N) is 7. The fourth-order valence-corrected chi connectivity index (χ4v) is 2.55. The average Bonchev–Trinajstić information content (AvgIpc) is 3.30. The number of benzene rings is 2. The molecule has 0 bridgehead atoms. The van der Waals surface area contributed by atoms with Crippen LogP contribution in [0.5, 0.6) is 0 Å². The topological polar surface area (TPSA) is 96.7 Å². The van der Waals surface area contributed by atoms with Crippen molar-refractivity contribution < 1.29 is 4.63 Å². The van der Waals surface area contributed by atoms with Gasteiger partial charge in [-0.05, 0) is 53.6 Å². The van der Waals surface area contributed by atoms with Crippen LogP contribution in [0.2, 0.25) is 0 Å². The minimum Gasteiger partial charge on any atom is -0.243 e. The van der Waals surface area contributed by atoms with E-state index in [2.05, 4.69) is 26.5 Å². The van der Waals surface area contributed by atoms with Gasteiger partial charge < -0.3 is 0 Å². The molecular formula is C16H11N7O. The molecule has 0 aliphatic carbocycles. The second-order valence-electron chi connectivity index (χ2n) is 5.13. The van der Waals surface area contributed by atoms with Crippen molar-refractivity contribution in [3.05, 3.63) is 60.2 Å². The van der Waals surface area contributed by atoms with Crippen molar-refractivity contribution in [3.8, 4) is 6.07 Å². The van der Waals surface area contributed by atoms with Gasteiger partial charge in [-0.1, -0.05) is 0 Å². The highest BCUT2D eigenvalue weighted by molar-refractivity contribution is 5.84. The van der Waals surface area contributed by atoms with Gasteiger partial charge in [0.25, 0.3) is 0 Å². The van der Waals surface area contributed by atoms with Gasteiger partial charge in [-0.2, -0.15) is 10.1 Å². The Balaban J connectivity index is 1.91. The number of aromatic nitrogens is 5. The number of rotatable bonds is 3. The Morgan fingerprint density at radius 2 is 1.96 bits per heavy atom. The van der Waals surface area contributed by atoms with E-state index in [1.165, 1.54) is 6.33 Å². The van der Waals surface area contributed by atoms with Crippen LogP contribution in [0.25, 0.3) is 11.0 Å². The van der Waals surface area contributed by atoms with Crippen LogP contribution in [0.1, 0.15) is 11.1 Å². The molecule has 4 rings (SSSR count).